The Bertz CT molecular complexity index is 1370. The maximum Gasteiger partial charge on any atom is -0.00176 e. The molecule has 0 aliphatic carbocycles. The highest BCUT2D eigenvalue weighted by Crippen LogP contribution is 2.31. The van der Waals surface area contributed by atoms with Gasteiger partial charge in [0.1, 0.15) is 0 Å². The van der Waals surface area contributed by atoms with E-state index in [1.807, 2.05) is 0 Å². The van der Waals surface area contributed by atoms with E-state index in [-0.39, 0.29) is 0 Å². The Kier molecular flexibility index (Phi) is 7.79. The van der Waals surface area contributed by atoms with Gasteiger partial charge in [-0.1, -0.05) is 59.7 Å². The van der Waals surface area contributed by atoms with E-state index in [0.29, 0.717) is 0 Å². The fraction of sp³-hybridized carbons (Fsp3) is 0.351. The molecule has 0 heterocycles. The molecule has 0 aromatic heterocycles. The summed E-state index contributed by atoms with van der Waals surface area (Å²) in [5.74, 6) is 0. The Morgan fingerprint density at radius 1 is 0.351 bits per heavy atom. The first-order valence-corrected chi connectivity index (χ1v) is 13.8. The minimum Gasteiger partial charge on any atom is -0.0590 e. The Morgan fingerprint density at radius 2 is 0.730 bits per heavy atom. The van der Waals surface area contributed by atoms with Crippen molar-refractivity contribution >= 4 is 0 Å². The predicted octanol–water partition coefficient (Wildman–Crippen LogP) is 9.54. The molecule has 0 nitrogen and oxygen atoms in total. The van der Waals surface area contributed by atoms with Crippen LogP contribution < -0.4 is 0 Å². The molecule has 4 aromatic rings. The van der Waals surface area contributed by atoms with Gasteiger partial charge >= 0.3 is 0 Å². The van der Waals surface area contributed by atoms with Crippen molar-refractivity contribution < 1.29 is 0 Å². The summed E-state index contributed by atoms with van der Waals surface area (Å²) < 4.78 is 0. The third-order valence-corrected chi connectivity index (χ3v) is 8.86. The highest BCUT2D eigenvalue weighted by Gasteiger charge is 2.17. The quantitative estimate of drug-likeness (QED) is 0.253. The molecule has 0 radical (unpaired) electrons. The van der Waals surface area contributed by atoms with E-state index in [1.165, 1.54) is 89.0 Å². The molecule has 0 bridgehead atoms. The standard InChI is InChI=1S/C37H44/c1-22-11-13-24(3)32(15-22)20-36-28(7)26(5)17-34(30(36)9)19-35-18-27(6)29(8)37(31(35)10)21-33-16-23(2)12-14-25(33)4/h11-18H,19-21H2,1-10H3. The van der Waals surface area contributed by atoms with E-state index in [9.17, 15) is 0 Å². The van der Waals surface area contributed by atoms with Crippen molar-refractivity contribution in [3.63, 3.8) is 0 Å². The van der Waals surface area contributed by atoms with Gasteiger partial charge in [-0.2, -0.15) is 0 Å². The fourth-order valence-electron chi connectivity index (χ4n) is 5.85. The SMILES string of the molecule is Cc1ccc(C)c(Cc2c(C)c(C)cc(Cc3cc(C)c(C)c(Cc4cc(C)ccc4C)c3C)c2C)c1. The molecular weight excluding hydrogens is 444 g/mol. The van der Waals surface area contributed by atoms with Crippen LogP contribution >= 0.6 is 0 Å². The summed E-state index contributed by atoms with van der Waals surface area (Å²) in [6.45, 7) is 22.7. The van der Waals surface area contributed by atoms with Crippen molar-refractivity contribution in [3.8, 4) is 0 Å². The van der Waals surface area contributed by atoms with Crippen molar-refractivity contribution in [1.82, 2.24) is 0 Å². The Labute approximate surface area is 225 Å². The zero-order valence-corrected chi connectivity index (χ0v) is 24.7. The third kappa shape index (κ3) is 5.59. The molecule has 0 saturated carbocycles. The lowest BCUT2D eigenvalue weighted by Gasteiger charge is -2.21. The first kappa shape index (κ1) is 26.9. The van der Waals surface area contributed by atoms with Gasteiger partial charge in [-0.25, -0.2) is 0 Å². The average Bonchev–Trinajstić information content (AvgIpc) is 2.85. The van der Waals surface area contributed by atoms with Crippen LogP contribution in [-0.4, -0.2) is 0 Å². The van der Waals surface area contributed by atoms with E-state index in [2.05, 4.69) is 118 Å². The van der Waals surface area contributed by atoms with Crippen LogP contribution in [0.5, 0.6) is 0 Å². The lowest BCUT2D eigenvalue weighted by molar-refractivity contribution is 1.01. The highest BCUT2D eigenvalue weighted by atomic mass is 14.2. The summed E-state index contributed by atoms with van der Waals surface area (Å²) in [5, 5.41) is 0. The highest BCUT2D eigenvalue weighted by molar-refractivity contribution is 5.53. The summed E-state index contributed by atoms with van der Waals surface area (Å²) in [7, 11) is 0. The van der Waals surface area contributed by atoms with Crippen LogP contribution in [0.2, 0.25) is 0 Å². The number of rotatable bonds is 6. The van der Waals surface area contributed by atoms with Crippen molar-refractivity contribution in [1.29, 1.82) is 0 Å². The zero-order chi connectivity index (χ0) is 27.0. The summed E-state index contributed by atoms with van der Waals surface area (Å²) >= 11 is 0. The van der Waals surface area contributed by atoms with E-state index in [4.69, 9.17) is 0 Å². The average molecular weight is 489 g/mol. The Morgan fingerprint density at radius 3 is 1.11 bits per heavy atom. The van der Waals surface area contributed by atoms with E-state index < -0.39 is 0 Å². The van der Waals surface area contributed by atoms with Gasteiger partial charge in [0.15, 0.2) is 0 Å². The van der Waals surface area contributed by atoms with Crippen molar-refractivity contribution in [2.24, 2.45) is 0 Å². The molecule has 192 valence electrons. The number of hydrogen-bond acceptors (Lipinski definition) is 0. The minimum atomic E-state index is 0.986. The van der Waals surface area contributed by atoms with E-state index in [1.54, 1.807) is 0 Å². The molecule has 0 N–H and O–H groups in total. The molecule has 0 fully saturated rings. The summed E-state index contributed by atoms with van der Waals surface area (Å²) in [4.78, 5) is 0. The van der Waals surface area contributed by atoms with E-state index in [0.717, 1.165) is 19.3 Å². The lowest BCUT2D eigenvalue weighted by Crippen LogP contribution is -2.07. The van der Waals surface area contributed by atoms with Crippen molar-refractivity contribution in [3.05, 3.63) is 138 Å². The maximum absolute atomic E-state index is 2.44. The van der Waals surface area contributed by atoms with Gasteiger partial charge in [0.2, 0.25) is 0 Å². The molecule has 0 aliphatic rings. The molecule has 0 aliphatic heterocycles. The van der Waals surface area contributed by atoms with Crippen LogP contribution in [0, 0.1) is 69.2 Å². The van der Waals surface area contributed by atoms with Crippen LogP contribution in [-0.2, 0) is 19.3 Å². The second kappa shape index (κ2) is 10.7. The monoisotopic (exact) mass is 488 g/mol. The fourth-order valence-corrected chi connectivity index (χ4v) is 5.85. The molecule has 0 atom stereocenters. The second-order valence-electron chi connectivity index (χ2n) is 11.6. The van der Waals surface area contributed by atoms with Crippen LogP contribution in [0.1, 0.15) is 89.0 Å². The molecule has 4 aromatic carbocycles. The van der Waals surface area contributed by atoms with Crippen LogP contribution in [0.4, 0.5) is 0 Å². The second-order valence-corrected chi connectivity index (χ2v) is 11.6. The van der Waals surface area contributed by atoms with Crippen LogP contribution in [0.3, 0.4) is 0 Å². The van der Waals surface area contributed by atoms with Crippen LogP contribution in [0.15, 0.2) is 48.5 Å². The largest absolute Gasteiger partial charge is 0.0590 e. The van der Waals surface area contributed by atoms with Gasteiger partial charge in [0.05, 0.1) is 0 Å². The lowest BCUT2D eigenvalue weighted by atomic mass is 9.83. The van der Waals surface area contributed by atoms with E-state index >= 15 is 0 Å². The molecule has 0 heteroatoms. The molecule has 0 amide bonds. The Hall–Kier alpha value is -3.12. The third-order valence-electron chi connectivity index (χ3n) is 8.86. The van der Waals surface area contributed by atoms with Crippen molar-refractivity contribution in [2.75, 3.05) is 0 Å². The number of hydrogen-bond donors (Lipinski definition) is 0. The van der Waals surface area contributed by atoms with Gasteiger partial charge in [-0.05, 0) is 166 Å². The molecular formula is C37H44. The van der Waals surface area contributed by atoms with Gasteiger partial charge in [0.25, 0.3) is 0 Å². The molecule has 0 spiro atoms. The first-order valence-electron chi connectivity index (χ1n) is 13.8. The molecule has 4 rings (SSSR count). The number of aryl methyl sites for hydroxylation is 6. The maximum atomic E-state index is 2.44. The predicted molar refractivity (Wildman–Crippen MR) is 162 cm³/mol. The van der Waals surface area contributed by atoms with Gasteiger partial charge in [-0.3, -0.25) is 0 Å². The van der Waals surface area contributed by atoms with Crippen LogP contribution in [0.25, 0.3) is 0 Å². The zero-order valence-electron chi connectivity index (χ0n) is 24.7. The molecule has 0 unspecified atom stereocenters. The molecule has 0 saturated heterocycles. The smallest absolute Gasteiger partial charge is 0.00176 e. The summed E-state index contributed by atoms with van der Waals surface area (Å²) in [6.07, 6.45) is 2.99. The number of benzene rings is 4. The first-order chi connectivity index (χ1) is 17.5. The van der Waals surface area contributed by atoms with Gasteiger partial charge in [-0.15, -0.1) is 0 Å². The van der Waals surface area contributed by atoms with Crippen molar-refractivity contribution in [2.45, 2.75) is 88.5 Å². The topological polar surface area (TPSA) is 0 Å². The Balaban J connectivity index is 1.76. The summed E-state index contributed by atoms with van der Waals surface area (Å²) in [5.41, 5.74) is 22.9. The normalized spacial score (nSPS) is 11.3. The van der Waals surface area contributed by atoms with Gasteiger partial charge in [0, 0.05) is 0 Å². The van der Waals surface area contributed by atoms with Gasteiger partial charge < -0.3 is 0 Å². The summed E-state index contributed by atoms with van der Waals surface area (Å²) in [6, 6.07) is 18.6. The minimum absolute atomic E-state index is 0.986. The molecule has 37 heavy (non-hydrogen) atoms.